The van der Waals surface area contributed by atoms with Crippen molar-refractivity contribution in [2.24, 2.45) is 0 Å². The Kier molecular flexibility index (Phi) is 5.77. The van der Waals surface area contributed by atoms with Crippen LogP contribution in [0.4, 0.5) is 5.69 Å². The van der Waals surface area contributed by atoms with Gasteiger partial charge in [-0.1, -0.05) is 6.07 Å². The van der Waals surface area contributed by atoms with E-state index >= 15 is 0 Å². The third-order valence-electron chi connectivity index (χ3n) is 4.50. The number of carbonyl (C=O) groups is 3. The van der Waals surface area contributed by atoms with Crippen LogP contribution in [0.3, 0.4) is 0 Å². The molecule has 0 bridgehead atoms. The molecule has 2 N–H and O–H groups in total. The van der Waals surface area contributed by atoms with Crippen LogP contribution < -0.4 is 10.6 Å². The van der Waals surface area contributed by atoms with Gasteiger partial charge in [0.1, 0.15) is 0 Å². The molecule has 0 atom stereocenters. The van der Waals surface area contributed by atoms with Crippen molar-refractivity contribution in [3.8, 4) is 0 Å². The molecule has 28 heavy (non-hydrogen) atoms. The molecule has 0 fully saturated rings. The number of fused-ring (bicyclic) bond motifs is 1. The van der Waals surface area contributed by atoms with E-state index in [2.05, 4.69) is 15.6 Å². The highest BCUT2D eigenvalue weighted by Crippen LogP contribution is 2.22. The van der Waals surface area contributed by atoms with E-state index in [1.807, 2.05) is 18.4 Å². The Bertz CT molecular complexity index is 917. The smallest absolute Gasteiger partial charge is 0.337 e. The predicted octanol–water partition coefficient (Wildman–Crippen LogP) is 2.40. The Labute approximate surface area is 163 Å². The first-order valence-corrected chi connectivity index (χ1v) is 9.30. The van der Waals surface area contributed by atoms with E-state index in [-0.39, 0.29) is 23.5 Å². The molecule has 2 aromatic rings. The summed E-state index contributed by atoms with van der Waals surface area (Å²) in [5.74, 6) is -0.916. The number of aromatic nitrogens is 2. The molecule has 1 aliphatic heterocycles. The van der Waals surface area contributed by atoms with Crippen molar-refractivity contribution >= 4 is 23.5 Å². The molecule has 8 heteroatoms. The molecule has 0 saturated heterocycles. The van der Waals surface area contributed by atoms with E-state index in [0.717, 1.165) is 18.5 Å². The molecule has 2 amide bonds. The van der Waals surface area contributed by atoms with Crippen LogP contribution in [0.5, 0.6) is 0 Å². The SMILES string of the molecule is COC(=O)c1cccc(NC(=O)c2nc(C(=O)NC(C)C)n3c2CCCC3)c1. The van der Waals surface area contributed by atoms with Crippen molar-refractivity contribution in [3.63, 3.8) is 0 Å². The van der Waals surface area contributed by atoms with Crippen LogP contribution in [0.1, 0.15) is 63.8 Å². The summed E-state index contributed by atoms with van der Waals surface area (Å²) < 4.78 is 6.54. The maximum atomic E-state index is 12.9. The highest BCUT2D eigenvalue weighted by Gasteiger charge is 2.27. The average molecular weight is 384 g/mol. The summed E-state index contributed by atoms with van der Waals surface area (Å²) in [5, 5.41) is 5.60. The Balaban J connectivity index is 1.89. The summed E-state index contributed by atoms with van der Waals surface area (Å²) in [6.07, 6.45) is 2.56. The van der Waals surface area contributed by atoms with Gasteiger partial charge in [-0.15, -0.1) is 0 Å². The van der Waals surface area contributed by atoms with Crippen LogP contribution in [-0.2, 0) is 17.7 Å². The summed E-state index contributed by atoms with van der Waals surface area (Å²) >= 11 is 0. The number of hydrogen-bond donors (Lipinski definition) is 2. The van der Waals surface area contributed by atoms with Gasteiger partial charge in [0.05, 0.1) is 18.4 Å². The zero-order valence-electron chi connectivity index (χ0n) is 16.2. The molecule has 148 valence electrons. The summed E-state index contributed by atoms with van der Waals surface area (Å²) in [7, 11) is 1.30. The monoisotopic (exact) mass is 384 g/mol. The fourth-order valence-corrected chi connectivity index (χ4v) is 3.26. The number of amides is 2. The Hall–Kier alpha value is -3.16. The number of benzene rings is 1. The van der Waals surface area contributed by atoms with Crippen LogP contribution in [-0.4, -0.2) is 40.5 Å². The second-order valence-corrected chi connectivity index (χ2v) is 6.99. The molecule has 2 heterocycles. The van der Waals surface area contributed by atoms with Crippen molar-refractivity contribution < 1.29 is 19.1 Å². The predicted molar refractivity (Wildman–Crippen MR) is 104 cm³/mol. The molecule has 1 aromatic heterocycles. The van der Waals surface area contributed by atoms with Gasteiger partial charge in [0.25, 0.3) is 11.8 Å². The van der Waals surface area contributed by atoms with Gasteiger partial charge >= 0.3 is 5.97 Å². The molecule has 0 saturated carbocycles. The lowest BCUT2D eigenvalue weighted by molar-refractivity contribution is 0.0600. The van der Waals surface area contributed by atoms with Gasteiger partial charge < -0.3 is 19.9 Å². The fourth-order valence-electron chi connectivity index (χ4n) is 3.26. The van der Waals surface area contributed by atoms with Crippen LogP contribution in [0.25, 0.3) is 0 Å². The van der Waals surface area contributed by atoms with Gasteiger partial charge in [-0.05, 0) is 51.3 Å². The third-order valence-corrected chi connectivity index (χ3v) is 4.50. The van der Waals surface area contributed by atoms with Crippen molar-refractivity contribution in [3.05, 3.63) is 47.0 Å². The van der Waals surface area contributed by atoms with Crippen LogP contribution in [0, 0.1) is 0 Å². The molecule has 0 unspecified atom stereocenters. The summed E-state index contributed by atoms with van der Waals surface area (Å²) in [5.41, 5.74) is 1.81. The molecule has 1 aliphatic rings. The van der Waals surface area contributed by atoms with Gasteiger partial charge in [-0.2, -0.15) is 0 Å². The zero-order chi connectivity index (χ0) is 20.3. The maximum Gasteiger partial charge on any atom is 0.337 e. The number of imidazole rings is 1. The van der Waals surface area contributed by atoms with Gasteiger partial charge in [-0.25, -0.2) is 9.78 Å². The fraction of sp³-hybridized carbons (Fsp3) is 0.400. The minimum Gasteiger partial charge on any atom is -0.465 e. The molecule has 1 aromatic carbocycles. The Morgan fingerprint density at radius 2 is 1.96 bits per heavy atom. The van der Waals surface area contributed by atoms with Gasteiger partial charge in [0.15, 0.2) is 11.5 Å². The first kappa shape index (κ1) is 19.6. The molecule has 0 radical (unpaired) electrons. The van der Waals surface area contributed by atoms with E-state index in [1.54, 1.807) is 24.3 Å². The van der Waals surface area contributed by atoms with E-state index in [9.17, 15) is 14.4 Å². The minimum atomic E-state index is -0.483. The van der Waals surface area contributed by atoms with Crippen molar-refractivity contribution in [1.82, 2.24) is 14.9 Å². The molecular weight excluding hydrogens is 360 g/mol. The van der Waals surface area contributed by atoms with Crippen LogP contribution in [0.15, 0.2) is 24.3 Å². The van der Waals surface area contributed by atoms with Gasteiger partial charge in [0.2, 0.25) is 0 Å². The van der Waals surface area contributed by atoms with Crippen molar-refractivity contribution in [1.29, 1.82) is 0 Å². The standard InChI is InChI=1S/C20H24N4O4/c1-12(2)21-19(26)17-23-16(15-9-4-5-10-24(15)17)18(25)22-14-8-6-7-13(11-14)20(27)28-3/h6-8,11-12H,4-5,9-10H2,1-3H3,(H,21,26)(H,22,25). The Morgan fingerprint density at radius 3 is 2.68 bits per heavy atom. The van der Waals surface area contributed by atoms with E-state index in [0.29, 0.717) is 24.2 Å². The van der Waals surface area contributed by atoms with Crippen LogP contribution >= 0.6 is 0 Å². The van der Waals surface area contributed by atoms with Gasteiger partial charge in [0, 0.05) is 18.3 Å². The topological polar surface area (TPSA) is 102 Å². The maximum absolute atomic E-state index is 12.9. The Morgan fingerprint density at radius 1 is 1.18 bits per heavy atom. The number of anilines is 1. The van der Waals surface area contributed by atoms with Crippen molar-refractivity contribution in [2.75, 3.05) is 12.4 Å². The second-order valence-electron chi connectivity index (χ2n) is 6.99. The molecule has 3 rings (SSSR count). The second kappa shape index (κ2) is 8.24. The quantitative estimate of drug-likeness (QED) is 0.771. The van der Waals surface area contributed by atoms with Crippen molar-refractivity contribution in [2.45, 2.75) is 45.7 Å². The van der Waals surface area contributed by atoms with E-state index in [1.165, 1.54) is 7.11 Å². The molecular formula is C20H24N4O4. The number of carbonyl (C=O) groups excluding carboxylic acids is 3. The largest absolute Gasteiger partial charge is 0.465 e. The number of nitrogens with zero attached hydrogens (tertiary/aromatic N) is 2. The lowest BCUT2D eigenvalue weighted by Crippen LogP contribution is -2.33. The number of rotatable bonds is 5. The van der Waals surface area contributed by atoms with Gasteiger partial charge in [-0.3, -0.25) is 9.59 Å². The normalized spacial score (nSPS) is 13.0. The molecule has 0 spiro atoms. The number of esters is 1. The molecule has 0 aliphatic carbocycles. The highest BCUT2D eigenvalue weighted by molar-refractivity contribution is 6.05. The lowest BCUT2D eigenvalue weighted by atomic mass is 10.1. The zero-order valence-corrected chi connectivity index (χ0v) is 16.2. The number of ether oxygens (including phenoxy) is 1. The first-order chi connectivity index (χ1) is 13.4. The van der Waals surface area contributed by atoms with Crippen LogP contribution in [0.2, 0.25) is 0 Å². The average Bonchev–Trinajstić information content (AvgIpc) is 3.07. The minimum absolute atomic E-state index is 0.0256. The summed E-state index contributed by atoms with van der Waals surface area (Å²) in [4.78, 5) is 41.4. The van der Waals surface area contributed by atoms with E-state index < -0.39 is 11.9 Å². The molecule has 8 nitrogen and oxygen atoms in total. The lowest BCUT2D eigenvalue weighted by Gasteiger charge is -2.17. The number of nitrogens with one attached hydrogen (secondary N) is 2. The van der Waals surface area contributed by atoms with E-state index in [4.69, 9.17) is 4.74 Å². The highest BCUT2D eigenvalue weighted by atomic mass is 16.5. The third kappa shape index (κ3) is 4.05. The number of hydrogen-bond acceptors (Lipinski definition) is 5. The summed E-state index contributed by atoms with van der Waals surface area (Å²) in [6.45, 7) is 4.41. The summed E-state index contributed by atoms with van der Waals surface area (Å²) in [6, 6.07) is 6.46. The number of methoxy groups -OCH3 is 1. The first-order valence-electron chi connectivity index (χ1n) is 9.30.